The van der Waals surface area contributed by atoms with E-state index >= 15 is 0 Å². The van der Waals surface area contributed by atoms with Crippen LogP contribution in [-0.2, 0) is 10.8 Å². The molecule has 2 unspecified atom stereocenters. The molecule has 0 heterocycles. The molecule has 0 amide bonds. The number of rotatable bonds is 6. The average molecular weight is 257 g/mol. The summed E-state index contributed by atoms with van der Waals surface area (Å²) in [6.45, 7) is 0.470. The number of benzene rings is 1. The van der Waals surface area contributed by atoms with Gasteiger partial charge in [0.05, 0.1) is 22.7 Å². The van der Waals surface area contributed by atoms with Gasteiger partial charge in [-0.2, -0.15) is 0 Å². The van der Waals surface area contributed by atoms with Crippen LogP contribution in [0.5, 0.6) is 0 Å². The van der Waals surface area contributed by atoms with Crippen LogP contribution in [0.25, 0.3) is 0 Å². The van der Waals surface area contributed by atoms with Crippen LogP contribution in [0.2, 0.25) is 0 Å². The average Bonchev–Trinajstić information content (AvgIpc) is 3.11. The Labute approximate surface area is 102 Å². The van der Waals surface area contributed by atoms with Gasteiger partial charge in [-0.15, -0.1) is 0 Å². The zero-order valence-electron chi connectivity index (χ0n) is 9.43. The maximum absolute atomic E-state index is 12.7. The van der Waals surface area contributed by atoms with E-state index in [2.05, 4.69) is 5.32 Å². The van der Waals surface area contributed by atoms with E-state index in [0.29, 0.717) is 17.5 Å². The lowest BCUT2D eigenvalue weighted by molar-refractivity contribution is 0.194. The first-order chi connectivity index (χ1) is 8.15. The topological polar surface area (TPSA) is 49.3 Å². The van der Waals surface area contributed by atoms with Crippen LogP contribution in [0.4, 0.5) is 4.39 Å². The van der Waals surface area contributed by atoms with E-state index in [0.717, 1.165) is 12.8 Å². The highest BCUT2D eigenvalue weighted by molar-refractivity contribution is 7.85. The summed E-state index contributed by atoms with van der Waals surface area (Å²) in [7, 11) is -1.27. The van der Waals surface area contributed by atoms with Gasteiger partial charge in [-0.25, -0.2) is 4.39 Å². The van der Waals surface area contributed by atoms with Crippen molar-refractivity contribution in [3.05, 3.63) is 30.1 Å². The van der Waals surface area contributed by atoms with Crippen LogP contribution in [0, 0.1) is 5.82 Å². The van der Waals surface area contributed by atoms with E-state index in [4.69, 9.17) is 0 Å². The molecule has 0 aliphatic heterocycles. The van der Waals surface area contributed by atoms with Gasteiger partial charge in [0.25, 0.3) is 0 Å². The van der Waals surface area contributed by atoms with Gasteiger partial charge in [0, 0.05) is 17.5 Å². The molecule has 2 rings (SSSR count). The standard InChI is InChI=1S/C12H16FNO2S/c13-9-1-5-12(6-2-9)17(16)8-11(15)7-14-10-3-4-10/h1-2,5-6,10-11,14-15H,3-4,7-8H2. The monoisotopic (exact) mass is 257 g/mol. The molecule has 1 fully saturated rings. The highest BCUT2D eigenvalue weighted by Crippen LogP contribution is 2.18. The fourth-order valence-corrected chi connectivity index (χ4v) is 2.61. The van der Waals surface area contributed by atoms with Crippen molar-refractivity contribution in [1.82, 2.24) is 5.32 Å². The number of aliphatic hydroxyl groups excluding tert-OH is 1. The quantitative estimate of drug-likeness (QED) is 0.801. The molecule has 2 N–H and O–H groups in total. The predicted molar refractivity (Wildman–Crippen MR) is 64.7 cm³/mol. The normalized spacial score (nSPS) is 18.9. The smallest absolute Gasteiger partial charge is 0.123 e. The zero-order valence-corrected chi connectivity index (χ0v) is 10.3. The van der Waals surface area contributed by atoms with Gasteiger partial charge in [0.15, 0.2) is 0 Å². The molecule has 94 valence electrons. The molecule has 1 aliphatic carbocycles. The molecule has 1 aromatic rings. The van der Waals surface area contributed by atoms with Crippen LogP contribution in [0.3, 0.4) is 0 Å². The minimum atomic E-state index is -1.27. The number of aliphatic hydroxyl groups is 1. The molecule has 0 saturated heterocycles. The number of nitrogens with one attached hydrogen (secondary N) is 1. The summed E-state index contributed by atoms with van der Waals surface area (Å²) >= 11 is 0. The van der Waals surface area contributed by atoms with Crippen molar-refractivity contribution in [2.75, 3.05) is 12.3 Å². The van der Waals surface area contributed by atoms with Gasteiger partial charge >= 0.3 is 0 Å². The second kappa shape index (κ2) is 5.71. The summed E-state index contributed by atoms with van der Waals surface area (Å²) in [4.78, 5) is 0.553. The van der Waals surface area contributed by atoms with E-state index in [9.17, 15) is 13.7 Å². The number of hydrogen-bond acceptors (Lipinski definition) is 3. The van der Waals surface area contributed by atoms with Crippen LogP contribution in [-0.4, -0.2) is 33.8 Å². The third-order valence-corrected chi connectivity index (χ3v) is 4.13. The Bertz CT molecular complexity index is 392. The Morgan fingerprint density at radius 1 is 1.41 bits per heavy atom. The van der Waals surface area contributed by atoms with Crippen molar-refractivity contribution in [2.45, 2.75) is 29.9 Å². The van der Waals surface area contributed by atoms with Gasteiger partial charge in [-0.1, -0.05) is 0 Å². The zero-order chi connectivity index (χ0) is 12.3. The summed E-state index contributed by atoms with van der Waals surface area (Å²) < 4.78 is 24.5. The summed E-state index contributed by atoms with van der Waals surface area (Å²) in [5.74, 6) is -0.160. The molecule has 0 aromatic heterocycles. The Hall–Kier alpha value is -0.780. The van der Waals surface area contributed by atoms with E-state index in [-0.39, 0.29) is 11.6 Å². The third kappa shape index (κ3) is 4.18. The fraction of sp³-hybridized carbons (Fsp3) is 0.500. The maximum Gasteiger partial charge on any atom is 0.123 e. The second-order valence-electron chi connectivity index (χ2n) is 4.30. The predicted octanol–water partition coefficient (Wildman–Crippen LogP) is 1.05. The van der Waals surface area contributed by atoms with Crippen molar-refractivity contribution in [3.8, 4) is 0 Å². The molecule has 2 atom stereocenters. The first-order valence-electron chi connectivity index (χ1n) is 5.70. The first kappa shape index (κ1) is 12.7. The van der Waals surface area contributed by atoms with Crippen LogP contribution in [0.15, 0.2) is 29.2 Å². The molecule has 5 heteroatoms. The highest BCUT2D eigenvalue weighted by atomic mass is 32.2. The Morgan fingerprint density at radius 3 is 2.65 bits per heavy atom. The molecular formula is C12H16FNO2S. The van der Waals surface area contributed by atoms with E-state index in [1.54, 1.807) is 0 Å². The van der Waals surface area contributed by atoms with Crippen molar-refractivity contribution in [3.63, 3.8) is 0 Å². The minimum absolute atomic E-state index is 0.186. The molecule has 0 bridgehead atoms. The van der Waals surface area contributed by atoms with Gasteiger partial charge in [-0.3, -0.25) is 4.21 Å². The largest absolute Gasteiger partial charge is 0.391 e. The number of hydrogen-bond donors (Lipinski definition) is 2. The minimum Gasteiger partial charge on any atom is -0.391 e. The van der Waals surface area contributed by atoms with Crippen molar-refractivity contribution in [1.29, 1.82) is 0 Å². The second-order valence-corrected chi connectivity index (χ2v) is 5.80. The molecule has 17 heavy (non-hydrogen) atoms. The Kier molecular flexibility index (Phi) is 4.25. The molecule has 1 saturated carbocycles. The van der Waals surface area contributed by atoms with Gasteiger partial charge in [0.1, 0.15) is 5.82 Å². The summed E-state index contributed by atoms with van der Waals surface area (Å²) in [6, 6.07) is 6.08. The highest BCUT2D eigenvalue weighted by Gasteiger charge is 2.21. The van der Waals surface area contributed by atoms with Crippen molar-refractivity contribution in [2.24, 2.45) is 0 Å². The molecular weight excluding hydrogens is 241 g/mol. The van der Waals surface area contributed by atoms with Crippen LogP contribution < -0.4 is 5.32 Å². The van der Waals surface area contributed by atoms with E-state index in [1.165, 1.54) is 24.3 Å². The van der Waals surface area contributed by atoms with Crippen LogP contribution in [0.1, 0.15) is 12.8 Å². The van der Waals surface area contributed by atoms with E-state index < -0.39 is 16.9 Å². The first-order valence-corrected chi connectivity index (χ1v) is 7.02. The third-order valence-electron chi connectivity index (χ3n) is 2.64. The van der Waals surface area contributed by atoms with Gasteiger partial charge in [-0.05, 0) is 37.1 Å². The molecule has 3 nitrogen and oxygen atoms in total. The SMILES string of the molecule is O=S(CC(O)CNC1CC1)c1ccc(F)cc1. The summed E-state index contributed by atoms with van der Waals surface area (Å²) in [5.41, 5.74) is 0. The van der Waals surface area contributed by atoms with E-state index in [1.807, 2.05) is 0 Å². The maximum atomic E-state index is 12.7. The van der Waals surface area contributed by atoms with Gasteiger partial charge < -0.3 is 10.4 Å². The lowest BCUT2D eigenvalue weighted by Crippen LogP contribution is -2.32. The Morgan fingerprint density at radius 2 is 2.06 bits per heavy atom. The Balaban J connectivity index is 1.80. The molecule has 0 spiro atoms. The molecule has 0 radical (unpaired) electrons. The lowest BCUT2D eigenvalue weighted by atomic mass is 10.3. The van der Waals surface area contributed by atoms with Crippen molar-refractivity contribution >= 4 is 10.8 Å². The number of halogens is 1. The summed E-state index contributed by atoms with van der Waals surface area (Å²) in [6.07, 6.45) is 1.70. The lowest BCUT2D eigenvalue weighted by Gasteiger charge is -2.11. The van der Waals surface area contributed by atoms with Crippen molar-refractivity contribution < 1.29 is 13.7 Å². The van der Waals surface area contributed by atoms with Gasteiger partial charge in [0.2, 0.25) is 0 Å². The summed E-state index contributed by atoms with van der Waals surface area (Å²) in [5, 5.41) is 12.9. The molecule has 1 aromatic carbocycles. The molecule has 1 aliphatic rings. The van der Waals surface area contributed by atoms with Crippen LogP contribution >= 0.6 is 0 Å². The fourth-order valence-electron chi connectivity index (χ4n) is 1.51.